The molecule has 2 unspecified atom stereocenters. The van der Waals surface area contributed by atoms with Gasteiger partial charge in [-0.05, 0) is 26.2 Å². The Hall–Kier alpha value is -0.170. The number of hydrogen-bond donors (Lipinski definition) is 2. The monoisotopic (exact) mass is 236 g/mol. The van der Waals surface area contributed by atoms with E-state index in [1.54, 1.807) is 6.92 Å². The van der Waals surface area contributed by atoms with Gasteiger partial charge in [-0.25, -0.2) is 13.1 Å². The molecular weight excluding hydrogens is 216 g/mol. The zero-order valence-electron chi connectivity index (χ0n) is 9.11. The molecule has 1 aliphatic heterocycles. The van der Waals surface area contributed by atoms with E-state index in [1.807, 2.05) is 0 Å². The van der Waals surface area contributed by atoms with Crippen molar-refractivity contribution in [3.63, 3.8) is 0 Å². The van der Waals surface area contributed by atoms with Crippen molar-refractivity contribution in [2.75, 3.05) is 19.7 Å². The second-order valence-corrected chi connectivity index (χ2v) is 6.11. The Labute approximate surface area is 91.4 Å². The highest BCUT2D eigenvalue weighted by molar-refractivity contribution is 7.90. The summed E-state index contributed by atoms with van der Waals surface area (Å²) in [5, 5.41) is -0.541. The average molecular weight is 236 g/mol. The number of nitrogens with one attached hydrogen (secondary N) is 1. The molecule has 0 aromatic heterocycles. The molecule has 15 heavy (non-hydrogen) atoms. The molecule has 1 saturated heterocycles. The van der Waals surface area contributed by atoms with Gasteiger partial charge in [0.05, 0.1) is 11.4 Å². The lowest BCUT2D eigenvalue weighted by molar-refractivity contribution is 0.0200. The summed E-state index contributed by atoms with van der Waals surface area (Å²) in [6.45, 7) is 2.84. The number of hydrogen-bond acceptors (Lipinski definition) is 4. The van der Waals surface area contributed by atoms with Gasteiger partial charge in [0.1, 0.15) is 0 Å². The SMILES string of the molecule is CC(CN)S(=O)(=O)NCC1CCCCO1. The molecule has 0 saturated carbocycles. The van der Waals surface area contributed by atoms with Crippen LogP contribution in [0.4, 0.5) is 0 Å². The van der Waals surface area contributed by atoms with E-state index in [-0.39, 0.29) is 12.6 Å². The predicted molar refractivity (Wildman–Crippen MR) is 59.0 cm³/mol. The van der Waals surface area contributed by atoms with Crippen molar-refractivity contribution >= 4 is 10.0 Å². The maximum atomic E-state index is 11.6. The van der Waals surface area contributed by atoms with Crippen LogP contribution < -0.4 is 10.5 Å². The van der Waals surface area contributed by atoms with Crippen LogP contribution in [0.5, 0.6) is 0 Å². The van der Waals surface area contributed by atoms with E-state index in [4.69, 9.17) is 10.5 Å². The lowest BCUT2D eigenvalue weighted by Gasteiger charge is -2.23. The van der Waals surface area contributed by atoms with E-state index in [2.05, 4.69) is 4.72 Å². The molecule has 0 amide bonds. The summed E-state index contributed by atoms with van der Waals surface area (Å²) in [4.78, 5) is 0. The molecule has 5 nitrogen and oxygen atoms in total. The Morgan fingerprint density at radius 1 is 1.53 bits per heavy atom. The van der Waals surface area contributed by atoms with Gasteiger partial charge in [0.2, 0.25) is 10.0 Å². The molecule has 6 heteroatoms. The Bertz CT molecular complexity index is 273. The van der Waals surface area contributed by atoms with Gasteiger partial charge in [0, 0.05) is 19.7 Å². The van der Waals surface area contributed by atoms with Gasteiger partial charge in [-0.2, -0.15) is 0 Å². The van der Waals surface area contributed by atoms with Crippen LogP contribution in [0.1, 0.15) is 26.2 Å². The van der Waals surface area contributed by atoms with E-state index in [0.29, 0.717) is 6.54 Å². The predicted octanol–water partition coefficient (Wildman–Crippen LogP) is -0.178. The van der Waals surface area contributed by atoms with Crippen LogP contribution in [0, 0.1) is 0 Å². The van der Waals surface area contributed by atoms with Crippen LogP contribution in [0.15, 0.2) is 0 Å². The van der Waals surface area contributed by atoms with Gasteiger partial charge in [0.25, 0.3) is 0 Å². The van der Waals surface area contributed by atoms with Gasteiger partial charge in [0.15, 0.2) is 0 Å². The molecule has 0 spiro atoms. The Morgan fingerprint density at radius 3 is 2.80 bits per heavy atom. The third kappa shape index (κ3) is 4.06. The maximum Gasteiger partial charge on any atom is 0.215 e. The zero-order valence-corrected chi connectivity index (χ0v) is 9.92. The molecule has 0 aromatic rings. The molecule has 1 rings (SSSR count). The van der Waals surface area contributed by atoms with E-state index in [0.717, 1.165) is 25.9 Å². The van der Waals surface area contributed by atoms with Crippen molar-refractivity contribution in [2.45, 2.75) is 37.5 Å². The van der Waals surface area contributed by atoms with E-state index in [1.165, 1.54) is 0 Å². The Balaban J connectivity index is 2.35. The van der Waals surface area contributed by atoms with Gasteiger partial charge >= 0.3 is 0 Å². The highest BCUT2D eigenvalue weighted by Gasteiger charge is 2.21. The third-order valence-electron chi connectivity index (χ3n) is 2.65. The van der Waals surface area contributed by atoms with E-state index < -0.39 is 15.3 Å². The first-order valence-corrected chi connectivity index (χ1v) is 6.91. The quantitative estimate of drug-likeness (QED) is 0.694. The van der Waals surface area contributed by atoms with Crippen LogP contribution in [-0.4, -0.2) is 39.5 Å². The second kappa shape index (κ2) is 5.79. The van der Waals surface area contributed by atoms with Crippen molar-refractivity contribution < 1.29 is 13.2 Å². The van der Waals surface area contributed by atoms with Crippen LogP contribution >= 0.6 is 0 Å². The fourth-order valence-electron chi connectivity index (χ4n) is 1.45. The summed E-state index contributed by atoms with van der Waals surface area (Å²) in [5.41, 5.74) is 5.32. The molecule has 1 fully saturated rings. The Kier molecular flexibility index (Phi) is 4.98. The first-order valence-electron chi connectivity index (χ1n) is 5.36. The van der Waals surface area contributed by atoms with Gasteiger partial charge in [-0.1, -0.05) is 0 Å². The first-order chi connectivity index (χ1) is 7.06. The summed E-state index contributed by atoms with van der Waals surface area (Å²) in [6.07, 6.45) is 3.14. The summed E-state index contributed by atoms with van der Waals surface area (Å²) in [7, 11) is -3.26. The average Bonchev–Trinajstić information content (AvgIpc) is 2.27. The van der Waals surface area contributed by atoms with Crippen LogP contribution in [0.2, 0.25) is 0 Å². The minimum atomic E-state index is -3.26. The molecule has 0 bridgehead atoms. The largest absolute Gasteiger partial charge is 0.377 e. The van der Waals surface area contributed by atoms with Crippen molar-refractivity contribution in [3.8, 4) is 0 Å². The Morgan fingerprint density at radius 2 is 2.27 bits per heavy atom. The standard InChI is InChI=1S/C9H20N2O3S/c1-8(6-10)15(12,13)11-7-9-4-2-3-5-14-9/h8-9,11H,2-7,10H2,1H3. The van der Waals surface area contributed by atoms with Gasteiger partial charge in [-0.3, -0.25) is 0 Å². The third-order valence-corrected chi connectivity index (χ3v) is 4.47. The molecule has 1 aliphatic rings. The summed E-state index contributed by atoms with van der Waals surface area (Å²) in [6, 6.07) is 0. The maximum absolute atomic E-state index is 11.6. The zero-order chi connectivity index (χ0) is 11.3. The van der Waals surface area contributed by atoms with Crippen molar-refractivity contribution in [1.29, 1.82) is 0 Å². The lowest BCUT2D eigenvalue weighted by Crippen LogP contribution is -2.41. The number of nitrogens with two attached hydrogens (primary N) is 1. The van der Waals surface area contributed by atoms with Crippen molar-refractivity contribution in [2.24, 2.45) is 5.73 Å². The minimum absolute atomic E-state index is 0.0264. The van der Waals surface area contributed by atoms with Crippen LogP contribution in [-0.2, 0) is 14.8 Å². The molecule has 0 aromatic carbocycles. The topological polar surface area (TPSA) is 81.4 Å². The molecular formula is C9H20N2O3S. The molecule has 0 radical (unpaired) electrons. The van der Waals surface area contributed by atoms with E-state index >= 15 is 0 Å². The molecule has 90 valence electrons. The van der Waals surface area contributed by atoms with E-state index in [9.17, 15) is 8.42 Å². The van der Waals surface area contributed by atoms with Gasteiger partial charge < -0.3 is 10.5 Å². The highest BCUT2D eigenvalue weighted by Crippen LogP contribution is 2.12. The van der Waals surface area contributed by atoms with Crippen LogP contribution in [0.3, 0.4) is 0 Å². The highest BCUT2D eigenvalue weighted by atomic mass is 32.2. The lowest BCUT2D eigenvalue weighted by atomic mass is 10.1. The first kappa shape index (κ1) is 12.9. The molecule has 1 heterocycles. The fraction of sp³-hybridized carbons (Fsp3) is 1.00. The summed E-state index contributed by atoms with van der Waals surface area (Å²) < 4.78 is 31.1. The normalized spacial score (nSPS) is 25.1. The number of ether oxygens (including phenoxy) is 1. The smallest absolute Gasteiger partial charge is 0.215 e. The molecule has 2 atom stereocenters. The number of rotatable bonds is 5. The second-order valence-electron chi connectivity index (χ2n) is 3.93. The molecule has 0 aliphatic carbocycles. The van der Waals surface area contributed by atoms with Crippen molar-refractivity contribution in [1.82, 2.24) is 4.72 Å². The number of sulfonamides is 1. The van der Waals surface area contributed by atoms with Gasteiger partial charge in [-0.15, -0.1) is 0 Å². The molecule has 3 N–H and O–H groups in total. The van der Waals surface area contributed by atoms with Crippen LogP contribution in [0.25, 0.3) is 0 Å². The minimum Gasteiger partial charge on any atom is -0.377 e. The van der Waals surface area contributed by atoms with Crippen molar-refractivity contribution in [3.05, 3.63) is 0 Å². The summed E-state index contributed by atoms with van der Waals surface area (Å²) in [5.74, 6) is 0. The fourth-order valence-corrected chi connectivity index (χ4v) is 2.40. The summed E-state index contributed by atoms with van der Waals surface area (Å²) >= 11 is 0.